The monoisotopic (exact) mass is 380 g/mol. The van der Waals surface area contributed by atoms with Crippen LogP contribution in [0.5, 0.6) is 0 Å². The minimum atomic E-state index is -0.367. The molecule has 1 spiro atoms. The van der Waals surface area contributed by atoms with E-state index in [1.807, 2.05) is 47.5 Å². The molecule has 6 nitrogen and oxygen atoms in total. The van der Waals surface area contributed by atoms with E-state index in [1.54, 1.807) is 12.3 Å². The van der Waals surface area contributed by atoms with Gasteiger partial charge in [0.1, 0.15) is 5.82 Å². The second-order valence-corrected chi connectivity index (χ2v) is 8.02. The highest BCUT2D eigenvalue weighted by molar-refractivity contribution is 5.91. The first kappa shape index (κ1) is 18.9. The number of imidazole rings is 1. The molecule has 0 saturated carbocycles. The van der Waals surface area contributed by atoms with Crippen molar-refractivity contribution in [3.63, 3.8) is 0 Å². The number of aliphatic hydroxyl groups excluding tert-OH is 1. The van der Waals surface area contributed by atoms with Crippen molar-refractivity contribution < 1.29 is 9.90 Å². The highest BCUT2D eigenvalue weighted by Crippen LogP contribution is 2.39. The number of piperidine rings is 2. The number of H-pyrrole nitrogens is 1. The summed E-state index contributed by atoms with van der Waals surface area (Å²) >= 11 is 0. The number of nitrogens with zero attached hydrogens (tertiary/aromatic N) is 3. The molecule has 28 heavy (non-hydrogen) atoms. The fraction of sp³-hybridized carbons (Fsp3) is 0.455. The zero-order valence-electron chi connectivity index (χ0n) is 16.1. The smallest absolute Gasteiger partial charge is 0.246 e. The van der Waals surface area contributed by atoms with E-state index in [4.69, 9.17) is 0 Å². The van der Waals surface area contributed by atoms with Crippen molar-refractivity contribution in [2.24, 2.45) is 5.41 Å². The first-order valence-corrected chi connectivity index (χ1v) is 10.1. The van der Waals surface area contributed by atoms with Gasteiger partial charge in [-0.3, -0.25) is 9.69 Å². The summed E-state index contributed by atoms with van der Waals surface area (Å²) in [5.74, 6) is 0.972. The van der Waals surface area contributed by atoms with Crippen LogP contribution < -0.4 is 0 Å². The molecule has 0 radical (unpaired) electrons. The number of benzene rings is 1. The molecule has 2 atom stereocenters. The van der Waals surface area contributed by atoms with Gasteiger partial charge in [-0.25, -0.2) is 4.98 Å². The van der Waals surface area contributed by atoms with Crippen molar-refractivity contribution in [2.45, 2.75) is 31.9 Å². The Morgan fingerprint density at radius 3 is 2.93 bits per heavy atom. The summed E-state index contributed by atoms with van der Waals surface area (Å²) in [7, 11) is 0. The second kappa shape index (κ2) is 8.29. The quantitative estimate of drug-likeness (QED) is 0.799. The van der Waals surface area contributed by atoms with E-state index in [2.05, 4.69) is 14.9 Å². The van der Waals surface area contributed by atoms with Gasteiger partial charge in [-0.15, -0.1) is 0 Å². The average molecular weight is 380 g/mol. The van der Waals surface area contributed by atoms with E-state index in [0.717, 1.165) is 56.8 Å². The summed E-state index contributed by atoms with van der Waals surface area (Å²) in [6.07, 6.45) is 9.38. The van der Waals surface area contributed by atoms with E-state index in [-0.39, 0.29) is 17.4 Å². The third-order valence-corrected chi connectivity index (χ3v) is 6.03. The molecule has 4 rings (SSSR count). The first-order chi connectivity index (χ1) is 13.6. The molecule has 0 unspecified atom stereocenters. The van der Waals surface area contributed by atoms with Gasteiger partial charge in [-0.1, -0.05) is 30.3 Å². The lowest BCUT2D eigenvalue weighted by molar-refractivity contribution is -0.136. The fourth-order valence-corrected chi connectivity index (χ4v) is 4.56. The number of amides is 1. The third-order valence-electron chi connectivity index (χ3n) is 6.03. The number of aliphatic hydroxyl groups is 1. The topological polar surface area (TPSA) is 72.5 Å². The summed E-state index contributed by atoms with van der Waals surface area (Å²) in [5, 5.41) is 10.8. The van der Waals surface area contributed by atoms with Crippen LogP contribution in [0, 0.1) is 5.41 Å². The number of rotatable bonds is 4. The van der Waals surface area contributed by atoms with Gasteiger partial charge in [-0.2, -0.15) is 0 Å². The van der Waals surface area contributed by atoms with Crippen molar-refractivity contribution in [1.82, 2.24) is 19.8 Å². The number of hydrogen-bond donors (Lipinski definition) is 2. The molecule has 2 saturated heterocycles. The number of aromatic nitrogens is 2. The van der Waals surface area contributed by atoms with Crippen LogP contribution in [-0.4, -0.2) is 63.1 Å². The molecule has 1 aromatic heterocycles. The molecule has 148 valence electrons. The summed E-state index contributed by atoms with van der Waals surface area (Å²) in [4.78, 5) is 24.5. The van der Waals surface area contributed by atoms with E-state index in [0.29, 0.717) is 6.54 Å². The predicted molar refractivity (Wildman–Crippen MR) is 108 cm³/mol. The van der Waals surface area contributed by atoms with Crippen LogP contribution in [0.4, 0.5) is 0 Å². The van der Waals surface area contributed by atoms with Crippen LogP contribution in [0.15, 0.2) is 48.8 Å². The van der Waals surface area contributed by atoms with Gasteiger partial charge in [0, 0.05) is 50.1 Å². The maximum absolute atomic E-state index is 12.8. The van der Waals surface area contributed by atoms with Crippen LogP contribution in [0.25, 0.3) is 6.08 Å². The standard InChI is InChI=1S/C22H28N4O2/c27-19-9-14-25(15-20-23-11-12-24-20)16-22(19)10-4-13-26(17-22)21(28)8-7-18-5-2-1-3-6-18/h1-3,5-8,11-12,19,27H,4,9-10,13-17H2,(H,23,24)/b8-7+/t19-,22-/m1/s1. The summed E-state index contributed by atoms with van der Waals surface area (Å²) in [6, 6.07) is 9.86. The van der Waals surface area contributed by atoms with Crippen LogP contribution >= 0.6 is 0 Å². The number of hydrogen-bond acceptors (Lipinski definition) is 4. The van der Waals surface area contributed by atoms with Crippen molar-refractivity contribution >= 4 is 12.0 Å². The summed E-state index contributed by atoms with van der Waals surface area (Å²) < 4.78 is 0. The molecule has 2 aliphatic heterocycles. The number of carbonyl (C=O) groups excluding carboxylic acids is 1. The minimum absolute atomic E-state index is 0.0262. The van der Waals surface area contributed by atoms with Crippen LogP contribution in [0.1, 0.15) is 30.7 Å². The average Bonchev–Trinajstić information content (AvgIpc) is 3.23. The maximum atomic E-state index is 12.8. The molecule has 2 aliphatic rings. The lowest BCUT2D eigenvalue weighted by Gasteiger charge is -2.50. The predicted octanol–water partition coefficient (Wildman–Crippen LogP) is 2.30. The Kier molecular flexibility index (Phi) is 5.59. The Bertz CT molecular complexity index is 805. The van der Waals surface area contributed by atoms with Crippen molar-refractivity contribution in [1.29, 1.82) is 0 Å². The van der Waals surface area contributed by atoms with Gasteiger partial charge in [0.2, 0.25) is 5.91 Å². The maximum Gasteiger partial charge on any atom is 0.246 e. The Morgan fingerprint density at radius 2 is 2.14 bits per heavy atom. The van der Waals surface area contributed by atoms with Crippen LogP contribution in [0.3, 0.4) is 0 Å². The number of nitrogens with one attached hydrogen (secondary N) is 1. The van der Waals surface area contributed by atoms with Crippen LogP contribution in [-0.2, 0) is 11.3 Å². The van der Waals surface area contributed by atoms with E-state index in [1.165, 1.54) is 0 Å². The van der Waals surface area contributed by atoms with Crippen molar-refractivity contribution in [3.8, 4) is 0 Å². The van der Waals surface area contributed by atoms with Gasteiger partial charge in [0.25, 0.3) is 0 Å². The molecule has 1 amide bonds. The molecule has 1 aromatic carbocycles. The molecule has 2 aromatic rings. The van der Waals surface area contributed by atoms with E-state index in [9.17, 15) is 9.90 Å². The third kappa shape index (κ3) is 4.18. The lowest BCUT2D eigenvalue weighted by Crippen LogP contribution is -2.59. The zero-order chi connectivity index (χ0) is 19.4. The van der Waals surface area contributed by atoms with Crippen molar-refractivity contribution in [3.05, 3.63) is 60.2 Å². The van der Waals surface area contributed by atoms with E-state index < -0.39 is 0 Å². The summed E-state index contributed by atoms with van der Waals surface area (Å²) in [5.41, 5.74) is 0.768. The minimum Gasteiger partial charge on any atom is -0.392 e. The molecule has 0 bridgehead atoms. The van der Waals surface area contributed by atoms with E-state index >= 15 is 0 Å². The normalized spacial score (nSPS) is 26.2. The van der Waals surface area contributed by atoms with Gasteiger partial charge in [-0.05, 0) is 30.9 Å². The van der Waals surface area contributed by atoms with Gasteiger partial charge >= 0.3 is 0 Å². The SMILES string of the molecule is O=C(/C=C/c1ccccc1)N1CCC[C@@]2(CN(Cc3ncc[nH]3)CC[C@H]2O)C1. The molecule has 6 heteroatoms. The zero-order valence-corrected chi connectivity index (χ0v) is 16.1. The number of carbonyl (C=O) groups is 1. The molecule has 2 fully saturated rings. The Balaban J connectivity index is 1.43. The van der Waals surface area contributed by atoms with Crippen molar-refractivity contribution in [2.75, 3.05) is 26.2 Å². The fourth-order valence-electron chi connectivity index (χ4n) is 4.56. The van der Waals surface area contributed by atoms with Gasteiger partial charge in [0.05, 0.1) is 12.6 Å². The van der Waals surface area contributed by atoms with Crippen LogP contribution in [0.2, 0.25) is 0 Å². The Hall–Kier alpha value is -2.44. The molecule has 0 aliphatic carbocycles. The first-order valence-electron chi connectivity index (χ1n) is 10.1. The number of aromatic amines is 1. The number of likely N-dealkylation sites (tertiary alicyclic amines) is 2. The molecular formula is C22H28N4O2. The Labute approximate surface area is 165 Å². The molecular weight excluding hydrogens is 352 g/mol. The highest BCUT2D eigenvalue weighted by atomic mass is 16.3. The second-order valence-electron chi connectivity index (χ2n) is 8.02. The largest absolute Gasteiger partial charge is 0.392 e. The summed E-state index contributed by atoms with van der Waals surface area (Å²) in [6.45, 7) is 3.77. The molecule has 3 heterocycles. The Morgan fingerprint density at radius 1 is 1.29 bits per heavy atom. The molecule has 2 N–H and O–H groups in total. The van der Waals surface area contributed by atoms with Gasteiger partial charge < -0.3 is 15.0 Å². The lowest BCUT2D eigenvalue weighted by atomic mass is 9.71. The highest BCUT2D eigenvalue weighted by Gasteiger charge is 2.46. The van der Waals surface area contributed by atoms with Gasteiger partial charge in [0.15, 0.2) is 0 Å².